The van der Waals surface area contributed by atoms with Crippen LogP contribution >= 0.6 is 23.2 Å². The molecule has 0 aliphatic heterocycles. The van der Waals surface area contributed by atoms with E-state index in [1.807, 2.05) is 39.8 Å². The number of halogens is 2. The van der Waals surface area contributed by atoms with Gasteiger partial charge in [0.1, 0.15) is 5.60 Å². The van der Waals surface area contributed by atoms with E-state index < -0.39 is 11.7 Å². The van der Waals surface area contributed by atoms with Crippen LogP contribution in [0.2, 0.25) is 10.0 Å². The normalized spacial score (nSPS) is 14.2. The van der Waals surface area contributed by atoms with E-state index in [2.05, 4.69) is 17.6 Å². The summed E-state index contributed by atoms with van der Waals surface area (Å²) >= 11 is 12.2. The van der Waals surface area contributed by atoms with E-state index in [4.69, 9.17) is 27.9 Å². The number of benzene rings is 1. The van der Waals surface area contributed by atoms with Crippen molar-refractivity contribution in [2.45, 2.75) is 58.7 Å². The first-order valence-electron chi connectivity index (χ1n) is 7.80. The molecule has 1 aromatic carbocycles. The van der Waals surface area contributed by atoms with Gasteiger partial charge < -0.3 is 15.4 Å². The molecule has 1 aromatic rings. The van der Waals surface area contributed by atoms with Crippen molar-refractivity contribution in [2.24, 2.45) is 0 Å². The van der Waals surface area contributed by atoms with E-state index >= 15 is 0 Å². The predicted octanol–water partition coefficient (Wildman–Crippen LogP) is 4.95. The standard InChI is InChI=1S/C17H26Cl2N2O2/c1-6-15(13-8-7-12(18)9-14(13)19)21-11(2)10-20-16(22)23-17(3,4)5/h7-9,11,15,21H,6,10H2,1-5H3,(H,20,22). The quantitative estimate of drug-likeness (QED) is 0.754. The molecule has 0 heterocycles. The molecule has 0 fully saturated rings. The van der Waals surface area contributed by atoms with E-state index in [1.54, 1.807) is 6.07 Å². The SMILES string of the molecule is CCC(NC(C)CNC(=O)OC(C)(C)C)c1ccc(Cl)cc1Cl. The summed E-state index contributed by atoms with van der Waals surface area (Å²) in [6.07, 6.45) is 0.460. The molecule has 0 bridgehead atoms. The largest absolute Gasteiger partial charge is 0.444 e. The van der Waals surface area contributed by atoms with Crippen molar-refractivity contribution >= 4 is 29.3 Å². The van der Waals surface area contributed by atoms with Crippen LogP contribution in [-0.4, -0.2) is 24.3 Å². The number of carbonyl (C=O) groups is 1. The fourth-order valence-electron chi connectivity index (χ4n) is 2.16. The maximum atomic E-state index is 11.7. The van der Waals surface area contributed by atoms with Crippen LogP contribution in [0.4, 0.5) is 4.79 Å². The van der Waals surface area contributed by atoms with Gasteiger partial charge in [0.15, 0.2) is 0 Å². The van der Waals surface area contributed by atoms with Crippen molar-refractivity contribution in [1.82, 2.24) is 10.6 Å². The summed E-state index contributed by atoms with van der Waals surface area (Å²) < 4.78 is 5.22. The number of ether oxygens (including phenoxy) is 1. The van der Waals surface area contributed by atoms with Crippen molar-refractivity contribution in [3.8, 4) is 0 Å². The van der Waals surface area contributed by atoms with Crippen LogP contribution in [0.1, 0.15) is 52.6 Å². The van der Waals surface area contributed by atoms with E-state index in [0.717, 1.165) is 12.0 Å². The molecule has 4 nitrogen and oxygen atoms in total. The first-order chi connectivity index (χ1) is 10.6. The number of amides is 1. The summed E-state index contributed by atoms with van der Waals surface area (Å²) in [6, 6.07) is 5.66. The Morgan fingerprint density at radius 1 is 1.30 bits per heavy atom. The van der Waals surface area contributed by atoms with Gasteiger partial charge in [-0.05, 0) is 51.8 Å². The van der Waals surface area contributed by atoms with Gasteiger partial charge in [-0.25, -0.2) is 4.79 Å². The average molecular weight is 361 g/mol. The molecule has 0 aromatic heterocycles. The topological polar surface area (TPSA) is 50.4 Å². The molecule has 0 saturated carbocycles. The van der Waals surface area contributed by atoms with Crippen molar-refractivity contribution < 1.29 is 9.53 Å². The van der Waals surface area contributed by atoms with Gasteiger partial charge in [-0.15, -0.1) is 0 Å². The van der Waals surface area contributed by atoms with Gasteiger partial charge >= 0.3 is 6.09 Å². The molecule has 2 N–H and O–H groups in total. The maximum Gasteiger partial charge on any atom is 0.407 e. The summed E-state index contributed by atoms with van der Waals surface area (Å²) in [6.45, 7) is 10.1. The molecule has 130 valence electrons. The van der Waals surface area contributed by atoms with Crippen LogP contribution in [0, 0.1) is 0 Å². The van der Waals surface area contributed by atoms with Gasteiger partial charge in [-0.3, -0.25) is 0 Å². The fourth-order valence-corrected chi connectivity index (χ4v) is 2.70. The minimum absolute atomic E-state index is 0.0687. The number of hydrogen-bond donors (Lipinski definition) is 2. The van der Waals surface area contributed by atoms with E-state index in [-0.39, 0.29) is 12.1 Å². The highest BCUT2D eigenvalue weighted by Crippen LogP contribution is 2.28. The molecule has 2 unspecified atom stereocenters. The summed E-state index contributed by atoms with van der Waals surface area (Å²) in [5, 5.41) is 7.49. The summed E-state index contributed by atoms with van der Waals surface area (Å²) in [5.41, 5.74) is 0.506. The Balaban J connectivity index is 2.57. The first kappa shape index (κ1) is 20.1. The van der Waals surface area contributed by atoms with Gasteiger partial charge in [0, 0.05) is 28.7 Å². The number of alkyl carbamates (subject to hydrolysis) is 1. The van der Waals surface area contributed by atoms with E-state index in [9.17, 15) is 4.79 Å². The van der Waals surface area contributed by atoms with Crippen LogP contribution in [0.5, 0.6) is 0 Å². The molecular weight excluding hydrogens is 335 g/mol. The Bertz CT molecular complexity index is 530. The molecule has 0 radical (unpaired) electrons. The average Bonchev–Trinajstić information content (AvgIpc) is 2.41. The van der Waals surface area contributed by atoms with Gasteiger partial charge in [0.25, 0.3) is 0 Å². The lowest BCUT2D eigenvalue weighted by molar-refractivity contribution is 0.0522. The molecule has 0 aliphatic carbocycles. The Labute approximate surface area is 148 Å². The van der Waals surface area contributed by atoms with Crippen molar-refractivity contribution in [3.05, 3.63) is 33.8 Å². The molecule has 23 heavy (non-hydrogen) atoms. The van der Waals surface area contributed by atoms with Crippen LogP contribution < -0.4 is 10.6 Å². The minimum Gasteiger partial charge on any atom is -0.444 e. The third-order valence-corrected chi connectivity index (χ3v) is 3.75. The second kappa shape index (κ2) is 8.76. The van der Waals surface area contributed by atoms with Crippen molar-refractivity contribution in [2.75, 3.05) is 6.54 Å². The Morgan fingerprint density at radius 2 is 1.96 bits per heavy atom. The number of hydrogen-bond acceptors (Lipinski definition) is 3. The van der Waals surface area contributed by atoms with Crippen LogP contribution in [0.3, 0.4) is 0 Å². The second-order valence-corrected chi connectivity index (χ2v) is 7.42. The summed E-state index contributed by atoms with van der Waals surface area (Å²) in [5.74, 6) is 0. The van der Waals surface area contributed by atoms with Gasteiger partial charge in [-0.1, -0.05) is 36.2 Å². The van der Waals surface area contributed by atoms with Gasteiger partial charge in [0.05, 0.1) is 0 Å². The van der Waals surface area contributed by atoms with E-state index in [0.29, 0.717) is 16.6 Å². The lowest BCUT2D eigenvalue weighted by Crippen LogP contribution is -2.42. The Kier molecular flexibility index (Phi) is 7.65. The van der Waals surface area contributed by atoms with E-state index in [1.165, 1.54) is 0 Å². The third-order valence-electron chi connectivity index (χ3n) is 3.18. The highest BCUT2D eigenvalue weighted by atomic mass is 35.5. The maximum absolute atomic E-state index is 11.7. The highest BCUT2D eigenvalue weighted by molar-refractivity contribution is 6.35. The van der Waals surface area contributed by atoms with Gasteiger partial charge in [0.2, 0.25) is 0 Å². The number of carbonyl (C=O) groups excluding carboxylic acids is 1. The smallest absolute Gasteiger partial charge is 0.407 e. The molecule has 0 spiro atoms. The third kappa shape index (κ3) is 7.42. The lowest BCUT2D eigenvalue weighted by atomic mass is 10.0. The molecule has 1 rings (SSSR count). The summed E-state index contributed by atoms with van der Waals surface area (Å²) in [4.78, 5) is 11.7. The zero-order valence-electron chi connectivity index (χ0n) is 14.4. The predicted molar refractivity (Wildman–Crippen MR) is 96.3 cm³/mol. The monoisotopic (exact) mass is 360 g/mol. The molecule has 6 heteroatoms. The van der Waals surface area contributed by atoms with Crippen LogP contribution in [0.25, 0.3) is 0 Å². The summed E-state index contributed by atoms with van der Waals surface area (Å²) in [7, 11) is 0. The van der Waals surface area contributed by atoms with Crippen molar-refractivity contribution in [1.29, 1.82) is 0 Å². The Hall–Kier alpha value is -0.970. The number of nitrogens with one attached hydrogen (secondary N) is 2. The minimum atomic E-state index is -0.496. The fraction of sp³-hybridized carbons (Fsp3) is 0.588. The van der Waals surface area contributed by atoms with Gasteiger partial charge in [-0.2, -0.15) is 0 Å². The molecule has 1 amide bonds. The Morgan fingerprint density at radius 3 is 2.48 bits per heavy atom. The highest BCUT2D eigenvalue weighted by Gasteiger charge is 2.18. The molecule has 0 aliphatic rings. The molecular formula is C17H26Cl2N2O2. The van der Waals surface area contributed by atoms with Crippen molar-refractivity contribution in [3.63, 3.8) is 0 Å². The van der Waals surface area contributed by atoms with Crippen LogP contribution in [0.15, 0.2) is 18.2 Å². The zero-order valence-corrected chi connectivity index (χ0v) is 15.9. The second-order valence-electron chi connectivity index (χ2n) is 6.58. The first-order valence-corrected chi connectivity index (χ1v) is 8.55. The molecule has 0 saturated heterocycles. The molecule has 2 atom stereocenters. The number of rotatable bonds is 6. The lowest BCUT2D eigenvalue weighted by Gasteiger charge is -2.25. The zero-order chi connectivity index (χ0) is 17.6. The van der Waals surface area contributed by atoms with Crippen LogP contribution in [-0.2, 0) is 4.74 Å².